The fourth-order valence-corrected chi connectivity index (χ4v) is 2.18. The number of hydrogen-bond acceptors (Lipinski definition) is 2. The zero-order valence-electron chi connectivity index (χ0n) is 9.65. The Morgan fingerprint density at radius 1 is 1.21 bits per heavy atom. The van der Waals surface area contributed by atoms with E-state index in [1.165, 1.54) is 18.3 Å². The van der Waals surface area contributed by atoms with Crippen LogP contribution < -0.4 is 5.56 Å². The van der Waals surface area contributed by atoms with Gasteiger partial charge in [-0.2, -0.15) is 0 Å². The normalized spacial score (nSPS) is 10.8. The second-order valence-corrected chi connectivity index (χ2v) is 4.45. The lowest BCUT2D eigenvalue weighted by Gasteiger charge is -2.06. The molecule has 0 unspecified atom stereocenters. The predicted octanol–water partition coefficient (Wildman–Crippen LogP) is 3.38. The van der Waals surface area contributed by atoms with Crippen molar-refractivity contribution in [3.8, 4) is 11.3 Å². The molecule has 0 radical (unpaired) electrons. The summed E-state index contributed by atoms with van der Waals surface area (Å²) in [4.78, 5) is 18.4. The van der Waals surface area contributed by atoms with Crippen LogP contribution in [-0.4, -0.2) is 9.97 Å². The van der Waals surface area contributed by atoms with Gasteiger partial charge in [0.05, 0.1) is 21.6 Å². The van der Waals surface area contributed by atoms with Crippen molar-refractivity contribution < 1.29 is 4.39 Å². The molecular weight excluding hydrogens is 267 g/mol. The van der Waals surface area contributed by atoms with Gasteiger partial charge >= 0.3 is 0 Å². The molecule has 2 aromatic heterocycles. The number of benzene rings is 1. The van der Waals surface area contributed by atoms with Crippen molar-refractivity contribution in [2.75, 3.05) is 0 Å². The maximum Gasteiger partial charge on any atom is 0.257 e. The highest BCUT2D eigenvalue weighted by Gasteiger charge is 2.12. The highest BCUT2D eigenvalue weighted by molar-refractivity contribution is 6.33. The van der Waals surface area contributed by atoms with Gasteiger partial charge in [0.1, 0.15) is 5.82 Å². The van der Waals surface area contributed by atoms with Crippen LogP contribution in [0, 0.1) is 5.82 Å². The molecule has 5 heteroatoms. The van der Waals surface area contributed by atoms with Crippen LogP contribution in [0.5, 0.6) is 0 Å². The molecule has 3 nitrogen and oxygen atoms in total. The Morgan fingerprint density at radius 3 is 2.79 bits per heavy atom. The minimum absolute atomic E-state index is 0.245. The molecule has 3 rings (SSSR count). The number of fused-ring (bicyclic) bond motifs is 1. The Kier molecular flexibility index (Phi) is 2.80. The molecule has 3 aromatic rings. The lowest BCUT2D eigenvalue weighted by atomic mass is 10.1. The minimum Gasteiger partial charge on any atom is -0.328 e. The Balaban J connectivity index is 2.35. The molecule has 0 fully saturated rings. The first-order valence-electron chi connectivity index (χ1n) is 5.59. The fraction of sp³-hybridized carbons (Fsp3) is 0. The van der Waals surface area contributed by atoms with Crippen molar-refractivity contribution in [1.82, 2.24) is 9.97 Å². The quantitative estimate of drug-likeness (QED) is 0.739. The van der Waals surface area contributed by atoms with Crippen molar-refractivity contribution in [3.05, 3.63) is 63.8 Å². The lowest BCUT2D eigenvalue weighted by molar-refractivity contribution is 0.631. The topological polar surface area (TPSA) is 45.8 Å². The second-order valence-electron chi connectivity index (χ2n) is 4.04. The van der Waals surface area contributed by atoms with Crippen LogP contribution >= 0.6 is 11.6 Å². The third-order valence-corrected chi connectivity index (χ3v) is 3.12. The van der Waals surface area contributed by atoms with E-state index in [1.54, 1.807) is 24.3 Å². The first kappa shape index (κ1) is 11.9. The molecule has 0 aliphatic carbocycles. The molecule has 0 saturated carbocycles. The first-order chi connectivity index (χ1) is 9.16. The molecule has 1 N–H and O–H groups in total. The molecule has 0 spiro atoms. The average Bonchev–Trinajstić information content (AvgIpc) is 2.40. The summed E-state index contributed by atoms with van der Waals surface area (Å²) in [5.74, 6) is -0.402. The number of rotatable bonds is 1. The Hall–Kier alpha value is -2.20. The molecule has 94 valence electrons. The third kappa shape index (κ3) is 2.00. The largest absolute Gasteiger partial charge is 0.328 e. The van der Waals surface area contributed by atoms with Gasteiger partial charge in [-0.05, 0) is 24.3 Å². The van der Waals surface area contributed by atoms with Crippen molar-refractivity contribution >= 4 is 22.5 Å². The monoisotopic (exact) mass is 274 g/mol. The molecular formula is C14H8ClFN2O. The van der Waals surface area contributed by atoms with E-state index in [9.17, 15) is 9.18 Å². The SMILES string of the molecule is O=c1[nH]ccc2nc(-c3ccccc3F)c(Cl)cc12. The van der Waals surface area contributed by atoms with Crippen molar-refractivity contribution in [2.45, 2.75) is 0 Å². The summed E-state index contributed by atoms with van der Waals surface area (Å²) >= 11 is 6.10. The van der Waals surface area contributed by atoms with Crippen LogP contribution in [0.15, 0.2) is 47.4 Å². The van der Waals surface area contributed by atoms with E-state index >= 15 is 0 Å². The van der Waals surface area contributed by atoms with Crippen molar-refractivity contribution in [3.63, 3.8) is 0 Å². The number of H-pyrrole nitrogens is 1. The van der Waals surface area contributed by atoms with Gasteiger partial charge in [0, 0.05) is 11.8 Å². The zero-order chi connectivity index (χ0) is 13.4. The first-order valence-corrected chi connectivity index (χ1v) is 5.97. The molecule has 0 aliphatic heterocycles. The van der Waals surface area contributed by atoms with E-state index in [1.807, 2.05) is 0 Å². The molecule has 1 aromatic carbocycles. The van der Waals surface area contributed by atoms with E-state index in [2.05, 4.69) is 9.97 Å². The summed E-state index contributed by atoms with van der Waals surface area (Å²) in [5.41, 5.74) is 0.853. The molecule has 19 heavy (non-hydrogen) atoms. The lowest BCUT2D eigenvalue weighted by Crippen LogP contribution is -2.05. The van der Waals surface area contributed by atoms with Gasteiger partial charge in [0.2, 0.25) is 0 Å². The van der Waals surface area contributed by atoms with Crippen molar-refractivity contribution in [1.29, 1.82) is 0 Å². The Labute approximate surface area is 112 Å². The van der Waals surface area contributed by atoms with Crippen LogP contribution in [0.1, 0.15) is 0 Å². The van der Waals surface area contributed by atoms with E-state index in [0.717, 1.165) is 0 Å². The molecule has 0 aliphatic rings. The van der Waals surface area contributed by atoms with Crippen LogP contribution in [0.3, 0.4) is 0 Å². The van der Waals surface area contributed by atoms with Gasteiger partial charge in [-0.15, -0.1) is 0 Å². The van der Waals surface area contributed by atoms with Gasteiger partial charge in [0.15, 0.2) is 0 Å². The summed E-state index contributed by atoms with van der Waals surface area (Å²) in [6.45, 7) is 0. The van der Waals surface area contributed by atoms with E-state index in [0.29, 0.717) is 22.2 Å². The van der Waals surface area contributed by atoms with Crippen LogP contribution in [0.4, 0.5) is 4.39 Å². The number of halogens is 2. The smallest absolute Gasteiger partial charge is 0.257 e. The van der Waals surface area contributed by atoms with E-state index in [4.69, 9.17) is 11.6 Å². The minimum atomic E-state index is -0.402. The summed E-state index contributed by atoms with van der Waals surface area (Å²) in [6, 6.07) is 9.40. The number of nitrogens with zero attached hydrogens (tertiary/aromatic N) is 1. The van der Waals surface area contributed by atoms with Gasteiger partial charge in [-0.3, -0.25) is 4.79 Å². The van der Waals surface area contributed by atoms with Gasteiger partial charge in [-0.1, -0.05) is 23.7 Å². The van der Waals surface area contributed by atoms with Crippen molar-refractivity contribution in [2.24, 2.45) is 0 Å². The van der Waals surface area contributed by atoms with Crippen LogP contribution in [0.25, 0.3) is 22.2 Å². The molecule has 0 saturated heterocycles. The number of pyridine rings is 2. The highest BCUT2D eigenvalue weighted by atomic mass is 35.5. The average molecular weight is 275 g/mol. The third-order valence-electron chi connectivity index (χ3n) is 2.83. The molecule has 0 bridgehead atoms. The number of aromatic amines is 1. The molecule has 2 heterocycles. The molecule has 0 atom stereocenters. The summed E-state index contributed by atoms with van der Waals surface area (Å²) in [5, 5.41) is 0.627. The predicted molar refractivity (Wildman–Crippen MR) is 72.8 cm³/mol. The summed E-state index contributed by atoms with van der Waals surface area (Å²) < 4.78 is 13.8. The number of hydrogen-bond donors (Lipinski definition) is 1. The van der Waals surface area contributed by atoms with Crippen LogP contribution in [-0.2, 0) is 0 Å². The number of aromatic nitrogens is 2. The second kappa shape index (κ2) is 4.48. The standard InChI is InChI=1S/C14H8ClFN2O/c15-10-7-9-12(5-6-17-14(9)19)18-13(10)8-3-1-2-4-11(8)16/h1-7H,(H,17,19). The highest BCUT2D eigenvalue weighted by Crippen LogP contribution is 2.29. The van der Waals surface area contributed by atoms with E-state index < -0.39 is 5.82 Å². The van der Waals surface area contributed by atoms with Gasteiger partial charge in [0.25, 0.3) is 5.56 Å². The number of nitrogens with one attached hydrogen (secondary N) is 1. The zero-order valence-corrected chi connectivity index (χ0v) is 10.4. The summed E-state index contributed by atoms with van der Waals surface area (Å²) in [6.07, 6.45) is 1.50. The Morgan fingerprint density at radius 2 is 2.00 bits per heavy atom. The molecule has 0 amide bonds. The van der Waals surface area contributed by atoms with Gasteiger partial charge in [-0.25, -0.2) is 9.37 Å². The summed E-state index contributed by atoms with van der Waals surface area (Å²) in [7, 11) is 0. The Bertz CT molecular complexity index is 829. The maximum absolute atomic E-state index is 13.8. The van der Waals surface area contributed by atoms with Crippen LogP contribution in [0.2, 0.25) is 5.02 Å². The van der Waals surface area contributed by atoms with Gasteiger partial charge < -0.3 is 4.98 Å². The van der Waals surface area contributed by atoms with E-state index in [-0.39, 0.29) is 10.6 Å². The fourth-order valence-electron chi connectivity index (χ4n) is 1.93. The maximum atomic E-state index is 13.8.